The molecule has 0 radical (unpaired) electrons. The first-order chi connectivity index (χ1) is 15.3. The third kappa shape index (κ3) is 5.95. The van der Waals surface area contributed by atoms with Crippen molar-refractivity contribution in [2.45, 2.75) is 25.1 Å². The SMILES string of the molecule is COc1cc(OC)cc(-c2nc(S/C(=C/c3cc(Cl)ccc3OC(C)C)C(=O)O)n[nH]2)c1. The molecule has 0 aliphatic rings. The molecule has 10 heteroatoms. The molecule has 0 aliphatic carbocycles. The molecular formula is C22H22ClN3O5S. The molecule has 1 heterocycles. The van der Waals surface area contributed by atoms with E-state index in [4.69, 9.17) is 25.8 Å². The molecule has 0 amide bonds. The third-order valence-electron chi connectivity index (χ3n) is 4.12. The minimum Gasteiger partial charge on any atom is -0.497 e. The van der Waals surface area contributed by atoms with E-state index in [2.05, 4.69) is 15.2 Å². The predicted molar refractivity (Wildman–Crippen MR) is 124 cm³/mol. The predicted octanol–water partition coefficient (Wildman–Crippen LogP) is 5.15. The van der Waals surface area contributed by atoms with E-state index in [1.165, 1.54) is 6.08 Å². The number of aromatic nitrogens is 3. The van der Waals surface area contributed by atoms with E-state index >= 15 is 0 Å². The molecule has 3 aromatic rings. The molecule has 0 saturated carbocycles. The molecule has 2 aromatic carbocycles. The highest BCUT2D eigenvalue weighted by Crippen LogP contribution is 2.33. The van der Waals surface area contributed by atoms with Gasteiger partial charge in [-0.25, -0.2) is 9.78 Å². The number of halogens is 1. The van der Waals surface area contributed by atoms with Crippen LogP contribution in [0, 0.1) is 0 Å². The summed E-state index contributed by atoms with van der Waals surface area (Å²) in [5.74, 6) is 1.04. The number of carboxylic acid groups (broad SMARTS) is 1. The lowest BCUT2D eigenvalue weighted by atomic mass is 10.2. The van der Waals surface area contributed by atoms with Crippen LogP contribution in [0.2, 0.25) is 5.02 Å². The number of methoxy groups -OCH3 is 2. The second-order valence-corrected chi connectivity index (χ2v) is 8.28. The molecule has 3 rings (SSSR count). The van der Waals surface area contributed by atoms with Crippen molar-refractivity contribution in [1.82, 2.24) is 15.2 Å². The highest BCUT2D eigenvalue weighted by atomic mass is 35.5. The summed E-state index contributed by atoms with van der Waals surface area (Å²) >= 11 is 7.02. The van der Waals surface area contributed by atoms with Gasteiger partial charge in [-0.05, 0) is 62.0 Å². The van der Waals surface area contributed by atoms with E-state index in [-0.39, 0.29) is 16.2 Å². The molecule has 168 valence electrons. The zero-order valence-corrected chi connectivity index (χ0v) is 19.5. The van der Waals surface area contributed by atoms with Gasteiger partial charge in [0.1, 0.15) is 22.2 Å². The van der Waals surface area contributed by atoms with Crippen molar-refractivity contribution in [3.05, 3.63) is 51.9 Å². The van der Waals surface area contributed by atoms with Gasteiger partial charge in [0.25, 0.3) is 0 Å². The summed E-state index contributed by atoms with van der Waals surface area (Å²) in [6.07, 6.45) is 1.40. The standard InChI is InChI=1S/C22H22ClN3O5S/c1-12(2)31-18-6-5-15(23)7-13(18)10-19(21(27)28)32-22-24-20(25-26-22)14-8-16(29-3)11-17(9-14)30-4/h5-12H,1-4H3,(H,27,28)(H,24,25,26)/b19-10+. The maximum atomic E-state index is 11.9. The molecule has 1 aromatic heterocycles. The number of H-pyrrole nitrogens is 1. The third-order valence-corrected chi connectivity index (χ3v) is 5.24. The van der Waals surface area contributed by atoms with Crippen LogP contribution in [0.1, 0.15) is 19.4 Å². The molecule has 32 heavy (non-hydrogen) atoms. The number of carbonyl (C=O) groups is 1. The van der Waals surface area contributed by atoms with Crippen LogP contribution < -0.4 is 14.2 Å². The van der Waals surface area contributed by atoms with Crippen LogP contribution in [-0.4, -0.2) is 46.6 Å². The number of nitrogens with one attached hydrogen (secondary N) is 1. The van der Waals surface area contributed by atoms with E-state index in [0.717, 1.165) is 11.8 Å². The van der Waals surface area contributed by atoms with Crippen LogP contribution in [-0.2, 0) is 4.79 Å². The van der Waals surface area contributed by atoms with E-state index in [0.29, 0.717) is 39.2 Å². The highest BCUT2D eigenvalue weighted by molar-refractivity contribution is 8.04. The van der Waals surface area contributed by atoms with Gasteiger partial charge in [0, 0.05) is 22.2 Å². The van der Waals surface area contributed by atoms with Crippen molar-refractivity contribution >= 4 is 35.4 Å². The number of aliphatic carboxylic acids is 1. The first-order valence-electron chi connectivity index (χ1n) is 9.54. The van der Waals surface area contributed by atoms with Gasteiger partial charge >= 0.3 is 5.97 Å². The number of thioether (sulfide) groups is 1. The summed E-state index contributed by atoms with van der Waals surface area (Å²) in [7, 11) is 3.11. The Morgan fingerprint density at radius 1 is 1.16 bits per heavy atom. The summed E-state index contributed by atoms with van der Waals surface area (Å²) in [5, 5.41) is 17.4. The molecule has 0 fully saturated rings. The summed E-state index contributed by atoms with van der Waals surface area (Å²) in [4.78, 5) is 16.3. The van der Waals surface area contributed by atoms with Crippen molar-refractivity contribution in [2.24, 2.45) is 0 Å². The van der Waals surface area contributed by atoms with Crippen LogP contribution in [0.25, 0.3) is 17.5 Å². The average Bonchev–Trinajstić information content (AvgIpc) is 3.23. The Labute approximate surface area is 194 Å². The summed E-state index contributed by atoms with van der Waals surface area (Å²) in [5.41, 5.74) is 1.23. The molecule has 8 nitrogen and oxygen atoms in total. The Kier molecular flexibility index (Phi) is 7.66. The zero-order chi connectivity index (χ0) is 23.3. The second kappa shape index (κ2) is 10.4. The average molecular weight is 476 g/mol. The highest BCUT2D eigenvalue weighted by Gasteiger charge is 2.17. The Morgan fingerprint density at radius 3 is 2.44 bits per heavy atom. The number of benzene rings is 2. The van der Waals surface area contributed by atoms with Gasteiger partial charge in [-0.15, -0.1) is 5.10 Å². The molecule has 2 N–H and O–H groups in total. The first kappa shape index (κ1) is 23.5. The van der Waals surface area contributed by atoms with Crippen LogP contribution in [0.15, 0.2) is 46.5 Å². The number of aromatic amines is 1. The maximum absolute atomic E-state index is 11.9. The van der Waals surface area contributed by atoms with Crippen molar-refractivity contribution in [2.75, 3.05) is 14.2 Å². The second-order valence-electron chi connectivity index (χ2n) is 6.83. The molecule has 0 bridgehead atoms. The smallest absolute Gasteiger partial charge is 0.342 e. The first-order valence-corrected chi connectivity index (χ1v) is 10.7. The van der Waals surface area contributed by atoms with Crippen LogP contribution in [0.5, 0.6) is 17.2 Å². The quantitative estimate of drug-likeness (QED) is 0.323. The van der Waals surface area contributed by atoms with Crippen LogP contribution in [0.3, 0.4) is 0 Å². The number of ether oxygens (including phenoxy) is 3. The summed E-state index contributed by atoms with van der Waals surface area (Å²) in [6, 6.07) is 10.3. The topological polar surface area (TPSA) is 107 Å². The molecule has 0 spiro atoms. The lowest BCUT2D eigenvalue weighted by Gasteiger charge is -2.13. The minimum absolute atomic E-state index is 0.00893. The molecule has 0 unspecified atom stereocenters. The van der Waals surface area contributed by atoms with Gasteiger partial charge in [-0.2, -0.15) is 0 Å². The van der Waals surface area contributed by atoms with Crippen LogP contribution >= 0.6 is 23.4 Å². The number of carboxylic acids is 1. The Bertz CT molecular complexity index is 1120. The molecule has 0 saturated heterocycles. The minimum atomic E-state index is -1.13. The largest absolute Gasteiger partial charge is 0.497 e. The van der Waals surface area contributed by atoms with Crippen molar-refractivity contribution in [3.63, 3.8) is 0 Å². The number of hydrogen-bond donors (Lipinski definition) is 2. The fraction of sp³-hybridized carbons (Fsp3) is 0.227. The fourth-order valence-corrected chi connectivity index (χ4v) is 3.61. The Morgan fingerprint density at radius 2 is 1.84 bits per heavy atom. The lowest BCUT2D eigenvalue weighted by Crippen LogP contribution is -2.07. The van der Waals surface area contributed by atoms with Gasteiger partial charge in [-0.1, -0.05) is 11.6 Å². The molecule has 0 aliphatic heterocycles. The monoisotopic (exact) mass is 475 g/mol. The number of nitrogens with zero attached hydrogens (tertiary/aromatic N) is 2. The van der Waals surface area contributed by atoms with E-state index in [1.807, 2.05) is 13.8 Å². The van der Waals surface area contributed by atoms with Gasteiger partial charge in [-0.3, -0.25) is 5.10 Å². The van der Waals surface area contributed by atoms with E-state index in [1.54, 1.807) is 50.6 Å². The Balaban J connectivity index is 1.92. The number of hydrogen-bond acceptors (Lipinski definition) is 7. The van der Waals surface area contributed by atoms with E-state index < -0.39 is 5.97 Å². The van der Waals surface area contributed by atoms with Gasteiger partial charge < -0.3 is 19.3 Å². The number of rotatable bonds is 9. The normalized spacial score (nSPS) is 11.5. The van der Waals surface area contributed by atoms with Crippen LogP contribution in [0.4, 0.5) is 0 Å². The maximum Gasteiger partial charge on any atom is 0.342 e. The molecular weight excluding hydrogens is 454 g/mol. The van der Waals surface area contributed by atoms with Gasteiger partial charge in [0.2, 0.25) is 5.16 Å². The van der Waals surface area contributed by atoms with Gasteiger partial charge in [0.05, 0.1) is 20.3 Å². The Hall–Kier alpha value is -3.17. The lowest BCUT2D eigenvalue weighted by molar-refractivity contribution is -0.131. The van der Waals surface area contributed by atoms with Crippen molar-refractivity contribution in [1.29, 1.82) is 0 Å². The zero-order valence-electron chi connectivity index (χ0n) is 17.9. The molecule has 0 atom stereocenters. The van der Waals surface area contributed by atoms with Crippen molar-refractivity contribution in [3.8, 4) is 28.6 Å². The fourth-order valence-electron chi connectivity index (χ4n) is 2.73. The summed E-state index contributed by atoms with van der Waals surface area (Å²) in [6.45, 7) is 3.77. The van der Waals surface area contributed by atoms with E-state index in [9.17, 15) is 9.90 Å². The summed E-state index contributed by atoms with van der Waals surface area (Å²) < 4.78 is 16.3. The van der Waals surface area contributed by atoms with Gasteiger partial charge in [0.15, 0.2) is 5.82 Å². The van der Waals surface area contributed by atoms with Crippen molar-refractivity contribution < 1.29 is 24.1 Å².